The van der Waals surface area contributed by atoms with Crippen molar-refractivity contribution in [1.82, 2.24) is 0 Å². The Morgan fingerprint density at radius 3 is 2.04 bits per heavy atom. The predicted octanol–water partition coefficient (Wildman–Crippen LogP) is 5.71. The Morgan fingerprint density at radius 2 is 1.54 bits per heavy atom. The molecule has 0 bridgehead atoms. The van der Waals surface area contributed by atoms with E-state index >= 15 is 0 Å². The average Bonchev–Trinajstić information content (AvgIpc) is 2.67. The zero-order chi connectivity index (χ0) is 16.8. The van der Waals surface area contributed by atoms with Crippen molar-refractivity contribution in [1.29, 1.82) is 5.26 Å². The third-order valence-corrected chi connectivity index (χ3v) is 4.70. The summed E-state index contributed by atoms with van der Waals surface area (Å²) in [5.41, 5.74) is 5.29. The highest BCUT2D eigenvalue weighted by molar-refractivity contribution is 5.65. The third kappa shape index (κ3) is 3.95. The topological polar surface area (TPSA) is 23.8 Å². The standard InChI is InChI=1S/C23H21N/c1-2-18-3-5-19(6-4-18)7-8-20-9-13-22(14-10-20)23-15-11-21(17-24)12-16-23/h5,9-16,18H,2-4,6H2,1H3. The van der Waals surface area contributed by atoms with Crippen LogP contribution < -0.4 is 0 Å². The number of allylic oxidation sites excluding steroid dienone is 2. The number of hydrogen-bond donors (Lipinski definition) is 0. The molecule has 1 aliphatic carbocycles. The Balaban J connectivity index is 1.70. The SMILES string of the molecule is CCC1CC=C(C#Cc2ccc(-c3ccc(C#N)cc3)cc2)CC1. The summed E-state index contributed by atoms with van der Waals surface area (Å²) in [6, 6.07) is 18.1. The van der Waals surface area contributed by atoms with Crippen molar-refractivity contribution in [2.45, 2.75) is 32.6 Å². The van der Waals surface area contributed by atoms with E-state index in [-0.39, 0.29) is 0 Å². The summed E-state index contributed by atoms with van der Waals surface area (Å²) in [4.78, 5) is 0. The van der Waals surface area contributed by atoms with Crippen LogP contribution in [0.3, 0.4) is 0 Å². The first-order chi connectivity index (χ1) is 11.8. The van der Waals surface area contributed by atoms with Gasteiger partial charge in [0.1, 0.15) is 0 Å². The Kier molecular flexibility index (Phi) is 5.15. The quantitative estimate of drug-likeness (QED) is 0.651. The Morgan fingerprint density at radius 1 is 0.917 bits per heavy atom. The lowest BCUT2D eigenvalue weighted by Gasteiger charge is -2.17. The van der Waals surface area contributed by atoms with Gasteiger partial charge in [0.15, 0.2) is 0 Å². The van der Waals surface area contributed by atoms with Gasteiger partial charge in [-0.2, -0.15) is 5.26 Å². The van der Waals surface area contributed by atoms with E-state index in [4.69, 9.17) is 5.26 Å². The van der Waals surface area contributed by atoms with E-state index in [1.807, 2.05) is 24.3 Å². The van der Waals surface area contributed by atoms with Crippen LogP contribution in [0.1, 0.15) is 43.7 Å². The summed E-state index contributed by atoms with van der Waals surface area (Å²) < 4.78 is 0. The third-order valence-electron chi connectivity index (χ3n) is 4.70. The van der Waals surface area contributed by atoms with Crippen LogP contribution in [0.25, 0.3) is 11.1 Å². The van der Waals surface area contributed by atoms with Crippen molar-refractivity contribution in [3.05, 3.63) is 71.3 Å². The summed E-state index contributed by atoms with van der Waals surface area (Å²) >= 11 is 0. The monoisotopic (exact) mass is 311 g/mol. The molecule has 1 heteroatoms. The average molecular weight is 311 g/mol. The fourth-order valence-electron chi connectivity index (χ4n) is 3.01. The van der Waals surface area contributed by atoms with Gasteiger partial charge in [-0.3, -0.25) is 0 Å². The van der Waals surface area contributed by atoms with Crippen LogP contribution in [-0.4, -0.2) is 0 Å². The van der Waals surface area contributed by atoms with E-state index in [1.165, 1.54) is 24.8 Å². The Labute approximate surface area is 144 Å². The van der Waals surface area contributed by atoms with Gasteiger partial charge in [0.05, 0.1) is 11.6 Å². The molecule has 0 heterocycles. The number of nitrogens with zero attached hydrogens (tertiary/aromatic N) is 1. The normalized spacial score (nSPS) is 16.5. The molecule has 0 saturated carbocycles. The molecule has 0 amide bonds. The summed E-state index contributed by atoms with van der Waals surface area (Å²) in [5.74, 6) is 7.46. The molecule has 3 rings (SSSR count). The molecule has 0 aromatic heterocycles. The maximum atomic E-state index is 8.86. The predicted molar refractivity (Wildman–Crippen MR) is 99.2 cm³/mol. The molecule has 0 saturated heterocycles. The van der Waals surface area contributed by atoms with E-state index in [9.17, 15) is 0 Å². The fourth-order valence-corrected chi connectivity index (χ4v) is 3.01. The van der Waals surface area contributed by atoms with Crippen LogP contribution in [-0.2, 0) is 0 Å². The summed E-state index contributed by atoms with van der Waals surface area (Å²) in [6.45, 7) is 2.27. The molecular formula is C23H21N. The van der Waals surface area contributed by atoms with Crippen molar-refractivity contribution in [3.63, 3.8) is 0 Å². The number of rotatable bonds is 2. The lowest BCUT2D eigenvalue weighted by Crippen LogP contribution is -2.03. The molecule has 0 radical (unpaired) electrons. The second-order valence-corrected chi connectivity index (χ2v) is 6.29. The van der Waals surface area contributed by atoms with E-state index in [0.29, 0.717) is 5.56 Å². The number of benzene rings is 2. The highest BCUT2D eigenvalue weighted by Crippen LogP contribution is 2.25. The minimum absolute atomic E-state index is 0.687. The molecule has 0 N–H and O–H groups in total. The molecule has 118 valence electrons. The van der Waals surface area contributed by atoms with Crippen molar-refractivity contribution in [2.24, 2.45) is 5.92 Å². The van der Waals surface area contributed by atoms with Crippen LogP contribution in [0.4, 0.5) is 0 Å². The smallest absolute Gasteiger partial charge is 0.0991 e. The molecule has 0 spiro atoms. The Bertz CT molecular complexity index is 821. The van der Waals surface area contributed by atoms with Crippen LogP contribution >= 0.6 is 0 Å². The van der Waals surface area contributed by atoms with E-state index < -0.39 is 0 Å². The van der Waals surface area contributed by atoms with Gasteiger partial charge in [-0.15, -0.1) is 0 Å². The first-order valence-corrected chi connectivity index (χ1v) is 8.60. The number of nitriles is 1. The molecule has 2 aromatic carbocycles. The highest BCUT2D eigenvalue weighted by atomic mass is 14.2. The molecular weight excluding hydrogens is 290 g/mol. The van der Waals surface area contributed by atoms with Crippen molar-refractivity contribution < 1.29 is 0 Å². The minimum atomic E-state index is 0.687. The second-order valence-electron chi connectivity index (χ2n) is 6.29. The van der Waals surface area contributed by atoms with Crippen LogP contribution in [0, 0.1) is 29.1 Å². The minimum Gasteiger partial charge on any atom is -0.192 e. The summed E-state index contributed by atoms with van der Waals surface area (Å²) in [5, 5.41) is 8.86. The molecule has 0 aliphatic heterocycles. The fraction of sp³-hybridized carbons (Fsp3) is 0.261. The lowest BCUT2D eigenvalue weighted by molar-refractivity contribution is 0.460. The summed E-state index contributed by atoms with van der Waals surface area (Å²) in [7, 11) is 0. The largest absolute Gasteiger partial charge is 0.192 e. The van der Waals surface area contributed by atoms with Gasteiger partial charge in [-0.1, -0.05) is 55.5 Å². The number of hydrogen-bond acceptors (Lipinski definition) is 1. The summed E-state index contributed by atoms with van der Waals surface area (Å²) in [6.07, 6.45) is 7.16. The molecule has 1 atom stereocenters. The first-order valence-electron chi connectivity index (χ1n) is 8.60. The molecule has 0 fully saturated rings. The van der Waals surface area contributed by atoms with Crippen molar-refractivity contribution >= 4 is 0 Å². The van der Waals surface area contributed by atoms with Gasteiger partial charge in [0.25, 0.3) is 0 Å². The molecule has 1 nitrogen and oxygen atoms in total. The van der Waals surface area contributed by atoms with Gasteiger partial charge < -0.3 is 0 Å². The lowest BCUT2D eigenvalue weighted by atomic mass is 9.88. The maximum absolute atomic E-state index is 8.86. The Hall–Kier alpha value is -2.77. The van der Waals surface area contributed by atoms with Gasteiger partial charge >= 0.3 is 0 Å². The highest BCUT2D eigenvalue weighted by Gasteiger charge is 2.10. The van der Waals surface area contributed by atoms with E-state index in [2.05, 4.69) is 55.2 Å². The molecule has 1 aliphatic rings. The van der Waals surface area contributed by atoms with Gasteiger partial charge in [0, 0.05) is 5.56 Å². The van der Waals surface area contributed by atoms with Gasteiger partial charge in [-0.25, -0.2) is 0 Å². The molecule has 24 heavy (non-hydrogen) atoms. The maximum Gasteiger partial charge on any atom is 0.0991 e. The van der Waals surface area contributed by atoms with Crippen molar-refractivity contribution in [3.8, 4) is 29.0 Å². The van der Waals surface area contributed by atoms with Gasteiger partial charge in [-0.05, 0) is 66.1 Å². The van der Waals surface area contributed by atoms with Crippen LogP contribution in [0.2, 0.25) is 0 Å². The second kappa shape index (κ2) is 7.67. The first kappa shape index (κ1) is 16.1. The zero-order valence-corrected chi connectivity index (χ0v) is 14.0. The van der Waals surface area contributed by atoms with E-state index in [1.54, 1.807) is 0 Å². The van der Waals surface area contributed by atoms with E-state index in [0.717, 1.165) is 29.0 Å². The van der Waals surface area contributed by atoms with Crippen molar-refractivity contribution in [2.75, 3.05) is 0 Å². The zero-order valence-electron chi connectivity index (χ0n) is 14.0. The van der Waals surface area contributed by atoms with Gasteiger partial charge in [0.2, 0.25) is 0 Å². The molecule has 1 unspecified atom stereocenters. The molecule has 2 aromatic rings. The van der Waals surface area contributed by atoms with Crippen LogP contribution in [0.5, 0.6) is 0 Å². The van der Waals surface area contributed by atoms with Crippen LogP contribution in [0.15, 0.2) is 60.2 Å².